The van der Waals surface area contributed by atoms with Gasteiger partial charge in [-0.15, -0.1) is 0 Å². The van der Waals surface area contributed by atoms with E-state index in [9.17, 15) is 18.0 Å². The average Bonchev–Trinajstić information content (AvgIpc) is 2.96. The number of ketones is 1. The molecule has 4 rings (SSSR count). The molecule has 3 atom stereocenters. The second-order valence-corrected chi connectivity index (χ2v) is 9.00. The highest BCUT2D eigenvalue weighted by atomic mass is 32.2. The van der Waals surface area contributed by atoms with Crippen molar-refractivity contribution in [3.05, 3.63) is 60.2 Å². The summed E-state index contributed by atoms with van der Waals surface area (Å²) in [5.41, 5.74) is -0.810. The van der Waals surface area contributed by atoms with Crippen LogP contribution in [0.1, 0.15) is 18.9 Å². The molecule has 8 heteroatoms. The quantitative estimate of drug-likeness (QED) is 0.785. The van der Waals surface area contributed by atoms with Crippen LogP contribution in [0, 0.1) is 0 Å². The Hall–Kier alpha value is -2.71. The molecule has 2 aliphatic heterocycles. The van der Waals surface area contributed by atoms with Crippen LogP contribution in [-0.4, -0.2) is 44.6 Å². The van der Waals surface area contributed by atoms with Gasteiger partial charge in [0.1, 0.15) is 6.04 Å². The van der Waals surface area contributed by atoms with E-state index in [0.29, 0.717) is 5.56 Å². The van der Waals surface area contributed by atoms with E-state index in [1.807, 2.05) is 0 Å². The van der Waals surface area contributed by atoms with Crippen LogP contribution >= 0.6 is 0 Å². The molecule has 0 saturated carbocycles. The van der Waals surface area contributed by atoms with Gasteiger partial charge < -0.3 is 14.4 Å². The number of amides is 1. The van der Waals surface area contributed by atoms with Crippen LogP contribution in [0.15, 0.2) is 64.4 Å². The fourth-order valence-corrected chi connectivity index (χ4v) is 4.80. The summed E-state index contributed by atoms with van der Waals surface area (Å²) in [7, 11) is -2.09. The normalized spacial score (nSPS) is 27.4. The molecule has 0 N–H and O–H groups in total. The SMILES string of the molecule is CN1C(=O)O[C@@H]2O[C@@](C)(c3ccc(S(=O)(=O)c4ccccc4)cc3)C(=O)C[C@@H]21. The lowest BCUT2D eigenvalue weighted by Gasteiger charge is -2.38. The molecule has 2 aromatic carbocycles. The minimum absolute atomic E-state index is 0.105. The second kappa shape index (κ2) is 6.42. The van der Waals surface area contributed by atoms with Crippen LogP contribution in [0.2, 0.25) is 0 Å². The fourth-order valence-electron chi connectivity index (χ4n) is 3.51. The first-order chi connectivity index (χ1) is 13.2. The summed E-state index contributed by atoms with van der Waals surface area (Å²) >= 11 is 0. The molecule has 2 heterocycles. The Morgan fingerprint density at radius 3 is 2.25 bits per heavy atom. The van der Waals surface area contributed by atoms with E-state index in [1.54, 1.807) is 44.3 Å². The van der Waals surface area contributed by atoms with Crippen LogP contribution in [0.5, 0.6) is 0 Å². The molecule has 2 saturated heterocycles. The third-order valence-electron chi connectivity index (χ3n) is 5.36. The minimum Gasteiger partial charge on any atom is -0.417 e. The molecular formula is C20H19NO6S. The molecule has 28 heavy (non-hydrogen) atoms. The molecule has 0 aliphatic carbocycles. The van der Waals surface area contributed by atoms with Crippen LogP contribution in [0.25, 0.3) is 0 Å². The summed E-state index contributed by atoms with van der Waals surface area (Å²) in [6, 6.07) is 13.7. The van der Waals surface area contributed by atoms with Crippen molar-refractivity contribution < 1.29 is 27.5 Å². The van der Waals surface area contributed by atoms with Crippen molar-refractivity contribution in [3.8, 4) is 0 Å². The molecule has 7 nitrogen and oxygen atoms in total. The van der Waals surface area contributed by atoms with Gasteiger partial charge in [0.15, 0.2) is 11.4 Å². The van der Waals surface area contributed by atoms with Gasteiger partial charge in [-0.1, -0.05) is 30.3 Å². The molecule has 0 bridgehead atoms. The lowest BCUT2D eigenvalue weighted by molar-refractivity contribution is -0.205. The smallest absolute Gasteiger partial charge is 0.412 e. The predicted molar refractivity (Wildman–Crippen MR) is 98.2 cm³/mol. The highest BCUT2D eigenvalue weighted by Gasteiger charge is 2.53. The highest BCUT2D eigenvalue weighted by molar-refractivity contribution is 7.91. The van der Waals surface area contributed by atoms with Gasteiger partial charge in [-0.05, 0) is 36.8 Å². The Bertz CT molecular complexity index is 1030. The molecular weight excluding hydrogens is 382 g/mol. The molecule has 0 unspecified atom stereocenters. The number of ether oxygens (including phenoxy) is 2. The van der Waals surface area contributed by atoms with Crippen molar-refractivity contribution in [2.75, 3.05) is 7.05 Å². The van der Waals surface area contributed by atoms with E-state index in [-0.39, 0.29) is 22.0 Å². The Balaban J connectivity index is 1.64. The summed E-state index contributed by atoms with van der Waals surface area (Å²) in [4.78, 5) is 26.2. The number of likely N-dealkylation sites (N-methyl/N-ethyl adjacent to an activating group) is 1. The van der Waals surface area contributed by atoms with Gasteiger partial charge in [0.2, 0.25) is 16.1 Å². The molecule has 2 fully saturated rings. The number of carbonyl (C=O) groups excluding carboxylic acids is 2. The number of benzene rings is 2. The zero-order chi connectivity index (χ0) is 20.1. The average molecular weight is 401 g/mol. The molecule has 0 aromatic heterocycles. The lowest BCUT2D eigenvalue weighted by Crippen LogP contribution is -2.51. The summed E-state index contributed by atoms with van der Waals surface area (Å²) in [5, 5.41) is 0. The van der Waals surface area contributed by atoms with E-state index in [4.69, 9.17) is 9.47 Å². The van der Waals surface area contributed by atoms with Crippen molar-refractivity contribution in [2.45, 2.75) is 41.1 Å². The van der Waals surface area contributed by atoms with Crippen LogP contribution < -0.4 is 0 Å². The molecule has 2 aliphatic rings. The van der Waals surface area contributed by atoms with E-state index in [2.05, 4.69) is 0 Å². The Morgan fingerprint density at radius 1 is 1.00 bits per heavy atom. The van der Waals surface area contributed by atoms with Crippen LogP contribution in [-0.2, 0) is 29.7 Å². The summed E-state index contributed by atoms with van der Waals surface area (Å²) in [5.74, 6) is -0.197. The van der Waals surface area contributed by atoms with Gasteiger partial charge in [0.05, 0.1) is 9.79 Å². The van der Waals surface area contributed by atoms with Gasteiger partial charge in [-0.25, -0.2) is 13.2 Å². The third-order valence-corrected chi connectivity index (χ3v) is 7.15. The van der Waals surface area contributed by atoms with Crippen molar-refractivity contribution in [2.24, 2.45) is 0 Å². The lowest BCUT2D eigenvalue weighted by atomic mass is 9.85. The summed E-state index contributed by atoms with van der Waals surface area (Å²) in [6.45, 7) is 1.61. The first kappa shape index (κ1) is 18.6. The number of nitrogens with zero attached hydrogens (tertiary/aromatic N) is 1. The standard InChI is InChI=1S/C20H19NO6S/c1-20(17(22)12-16-18(27-20)26-19(23)21(16)2)13-8-10-15(11-9-13)28(24,25)14-6-4-3-5-7-14/h3-11,16,18H,12H2,1-2H3/t16-,18+,20-/m0/s1. The number of carbonyl (C=O) groups is 2. The van der Waals surface area contributed by atoms with Crippen LogP contribution in [0.3, 0.4) is 0 Å². The van der Waals surface area contributed by atoms with Gasteiger partial charge in [0, 0.05) is 13.5 Å². The zero-order valence-corrected chi connectivity index (χ0v) is 16.2. The van der Waals surface area contributed by atoms with Crippen LogP contribution in [0.4, 0.5) is 4.79 Å². The topological polar surface area (TPSA) is 90.0 Å². The van der Waals surface area contributed by atoms with E-state index < -0.39 is 33.9 Å². The number of rotatable bonds is 3. The Labute approximate surface area is 162 Å². The largest absolute Gasteiger partial charge is 0.417 e. The van der Waals surface area contributed by atoms with E-state index in [0.717, 1.165) is 0 Å². The number of Topliss-reactive ketones (excluding diaryl/α,β-unsaturated/α-hetero) is 1. The predicted octanol–water partition coefficient (Wildman–Crippen LogP) is 2.50. The van der Waals surface area contributed by atoms with Gasteiger partial charge in [-0.3, -0.25) is 4.79 Å². The van der Waals surface area contributed by atoms with E-state index in [1.165, 1.54) is 29.2 Å². The van der Waals surface area contributed by atoms with Crippen molar-refractivity contribution >= 4 is 21.7 Å². The van der Waals surface area contributed by atoms with Crippen molar-refractivity contribution in [1.29, 1.82) is 0 Å². The molecule has 1 amide bonds. The number of hydrogen-bond donors (Lipinski definition) is 0. The van der Waals surface area contributed by atoms with Gasteiger partial charge >= 0.3 is 6.09 Å². The Kier molecular flexibility index (Phi) is 4.28. The zero-order valence-electron chi connectivity index (χ0n) is 15.4. The first-order valence-corrected chi connectivity index (χ1v) is 10.3. The minimum atomic E-state index is -3.65. The molecule has 0 spiro atoms. The number of fused-ring (bicyclic) bond motifs is 1. The summed E-state index contributed by atoms with van der Waals surface area (Å²) < 4.78 is 36.5. The second-order valence-electron chi connectivity index (χ2n) is 7.05. The van der Waals surface area contributed by atoms with Crippen molar-refractivity contribution in [3.63, 3.8) is 0 Å². The maximum absolute atomic E-state index is 12.8. The number of sulfone groups is 1. The third kappa shape index (κ3) is 2.80. The van der Waals surface area contributed by atoms with Crippen molar-refractivity contribution in [1.82, 2.24) is 4.90 Å². The Morgan fingerprint density at radius 2 is 1.61 bits per heavy atom. The fraction of sp³-hybridized carbons (Fsp3) is 0.300. The van der Waals surface area contributed by atoms with E-state index >= 15 is 0 Å². The molecule has 0 radical (unpaired) electrons. The maximum atomic E-state index is 12.8. The molecule has 2 aromatic rings. The highest BCUT2D eigenvalue weighted by Crippen LogP contribution is 2.39. The first-order valence-electron chi connectivity index (χ1n) is 8.79. The number of hydrogen-bond acceptors (Lipinski definition) is 6. The maximum Gasteiger partial charge on any atom is 0.412 e. The van der Waals surface area contributed by atoms with Gasteiger partial charge in [0.25, 0.3) is 0 Å². The summed E-state index contributed by atoms with van der Waals surface area (Å²) in [6.07, 6.45) is -1.27. The monoisotopic (exact) mass is 401 g/mol. The van der Waals surface area contributed by atoms with Gasteiger partial charge in [-0.2, -0.15) is 0 Å². The molecule has 146 valence electrons.